The number of pyridine rings is 1. The first-order valence-corrected chi connectivity index (χ1v) is 8.49. The first-order chi connectivity index (χ1) is 12.6. The summed E-state index contributed by atoms with van der Waals surface area (Å²) in [5.41, 5.74) is 4.30. The minimum absolute atomic E-state index is 0.128. The maximum atomic E-state index is 13.0. The van der Waals surface area contributed by atoms with Crippen molar-refractivity contribution in [3.05, 3.63) is 65.6 Å². The second-order valence-electron chi connectivity index (χ2n) is 6.47. The Morgan fingerprint density at radius 2 is 2.04 bits per heavy atom. The first-order valence-electron chi connectivity index (χ1n) is 8.49. The highest BCUT2D eigenvalue weighted by atomic mass is 16.5. The van der Waals surface area contributed by atoms with Crippen molar-refractivity contribution in [2.75, 3.05) is 12.0 Å². The van der Waals surface area contributed by atoms with Crippen LogP contribution in [-0.4, -0.2) is 34.4 Å². The number of nitrogens with zero attached hydrogens (tertiary/aromatic N) is 3. The van der Waals surface area contributed by atoms with Gasteiger partial charge in [0.2, 0.25) is 5.91 Å². The third kappa shape index (κ3) is 2.63. The zero-order valence-electron chi connectivity index (χ0n) is 14.7. The smallest absolute Gasteiger partial charge is 0.329 e. The van der Waals surface area contributed by atoms with E-state index in [0.29, 0.717) is 12.1 Å². The average Bonchev–Trinajstić information content (AvgIpc) is 3.22. The van der Waals surface area contributed by atoms with E-state index in [0.717, 1.165) is 22.5 Å². The highest BCUT2D eigenvalue weighted by Crippen LogP contribution is 2.33. The Morgan fingerprint density at radius 1 is 1.23 bits per heavy atom. The molecule has 132 valence electrons. The van der Waals surface area contributed by atoms with E-state index in [2.05, 4.69) is 4.98 Å². The molecule has 1 atom stereocenters. The first kappa shape index (κ1) is 16.3. The van der Waals surface area contributed by atoms with E-state index in [1.165, 1.54) is 7.11 Å². The maximum Gasteiger partial charge on any atom is 0.329 e. The molecule has 0 saturated carbocycles. The van der Waals surface area contributed by atoms with Gasteiger partial charge in [-0.2, -0.15) is 0 Å². The van der Waals surface area contributed by atoms with Gasteiger partial charge in [0.25, 0.3) is 0 Å². The molecule has 0 radical (unpaired) electrons. The number of esters is 1. The summed E-state index contributed by atoms with van der Waals surface area (Å²) >= 11 is 0. The molecule has 3 heterocycles. The van der Waals surface area contributed by atoms with E-state index >= 15 is 0 Å². The Kier molecular flexibility index (Phi) is 3.95. The number of hydrogen-bond acceptors (Lipinski definition) is 4. The monoisotopic (exact) mass is 349 g/mol. The molecule has 0 fully saturated rings. The zero-order chi connectivity index (χ0) is 18.3. The molecule has 0 spiro atoms. The fourth-order valence-corrected chi connectivity index (χ4v) is 3.55. The van der Waals surface area contributed by atoms with Crippen molar-refractivity contribution in [2.24, 2.45) is 0 Å². The normalized spacial score (nSPS) is 15.9. The minimum atomic E-state index is -0.622. The number of anilines is 1. The topological polar surface area (TPSA) is 63.9 Å². The quantitative estimate of drug-likeness (QED) is 0.681. The van der Waals surface area contributed by atoms with Crippen molar-refractivity contribution in [3.63, 3.8) is 0 Å². The molecule has 1 aromatic carbocycles. The van der Waals surface area contributed by atoms with E-state index in [-0.39, 0.29) is 12.3 Å². The van der Waals surface area contributed by atoms with Gasteiger partial charge in [-0.1, -0.05) is 24.3 Å². The van der Waals surface area contributed by atoms with Crippen LogP contribution in [-0.2, 0) is 27.2 Å². The zero-order valence-corrected chi connectivity index (χ0v) is 14.7. The molecule has 1 aliphatic heterocycles. The van der Waals surface area contributed by atoms with Crippen LogP contribution in [0.1, 0.15) is 16.8 Å². The molecule has 6 nitrogen and oxygen atoms in total. The maximum absolute atomic E-state index is 13.0. The number of amides is 1. The molecule has 1 unspecified atom stereocenters. The molecule has 0 N–H and O–H groups in total. The number of aromatic nitrogens is 2. The lowest BCUT2D eigenvalue weighted by Gasteiger charge is -2.23. The van der Waals surface area contributed by atoms with Crippen LogP contribution in [0, 0.1) is 6.92 Å². The average molecular weight is 349 g/mol. The number of carbonyl (C=O) groups excluding carboxylic acids is 2. The molecule has 3 aromatic rings. The number of imidazole rings is 1. The summed E-state index contributed by atoms with van der Waals surface area (Å²) in [7, 11) is 1.35. The molecule has 1 amide bonds. The van der Waals surface area contributed by atoms with Gasteiger partial charge in [-0.15, -0.1) is 0 Å². The van der Waals surface area contributed by atoms with E-state index < -0.39 is 12.0 Å². The molecular weight excluding hydrogens is 330 g/mol. The molecule has 0 saturated heterocycles. The third-order valence-electron chi connectivity index (χ3n) is 4.78. The molecule has 26 heavy (non-hydrogen) atoms. The summed E-state index contributed by atoms with van der Waals surface area (Å²) < 4.78 is 6.82. The van der Waals surface area contributed by atoms with E-state index in [9.17, 15) is 9.59 Å². The van der Waals surface area contributed by atoms with Crippen LogP contribution in [0.15, 0.2) is 48.8 Å². The van der Waals surface area contributed by atoms with Crippen LogP contribution >= 0.6 is 0 Å². The summed E-state index contributed by atoms with van der Waals surface area (Å²) in [6, 6.07) is 10.9. The van der Waals surface area contributed by atoms with Crippen molar-refractivity contribution >= 4 is 23.2 Å². The SMILES string of the molecule is COC(=O)C1Cc2ccccc2N1C(=O)Cc1cn2cccc(C)c2n1. The lowest BCUT2D eigenvalue weighted by Crippen LogP contribution is -2.44. The van der Waals surface area contributed by atoms with E-state index in [1.807, 2.05) is 60.1 Å². The Bertz CT molecular complexity index is 1010. The van der Waals surface area contributed by atoms with Gasteiger partial charge >= 0.3 is 5.97 Å². The Labute approximate surface area is 151 Å². The van der Waals surface area contributed by atoms with Crippen molar-refractivity contribution < 1.29 is 14.3 Å². The Hall–Kier alpha value is -3.15. The van der Waals surface area contributed by atoms with Crippen LogP contribution in [0.2, 0.25) is 0 Å². The second kappa shape index (κ2) is 6.29. The van der Waals surface area contributed by atoms with Gasteiger partial charge in [0.15, 0.2) is 0 Å². The second-order valence-corrected chi connectivity index (χ2v) is 6.47. The molecule has 0 aliphatic carbocycles. The van der Waals surface area contributed by atoms with Crippen LogP contribution in [0.5, 0.6) is 0 Å². The number of rotatable bonds is 3. The summed E-state index contributed by atoms with van der Waals surface area (Å²) in [5, 5.41) is 0. The van der Waals surface area contributed by atoms with Gasteiger partial charge in [-0.25, -0.2) is 9.78 Å². The van der Waals surface area contributed by atoms with Crippen LogP contribution < -0.4 is 4.90 Å². The number of methoxy groups -OCH3 is 1. The number of hydrogen-bond donors (Lipinski definition) is 0. The summed E-state index contributed by atoms with van der Waals surface area (Å²) in [6.45, 7) is 1.98. The minimum Gasteiger partial charge on any atom is -0.467 e. The predicted molar refractivity (Wildman–Crippen MR) is 97.1 cm³/mol. The van der Waals surface area contributed by atoms with Gasteiger partial charge < -0.3 is 9.14 Å². The van der Waals surface area contributed by atoms with Gasteiger partial charge in [0.1, 0.15) is 11.7 Å². The van der Waals surface area contributed by atoms with Crippen molar-refractivity contribution in [3.8, 4) is 0 Å². The van der Waals surface area contributed by atoms with Crippen LogP contribution in [0.3, 0.4) is 0 Å². The fourth-order valence-electron chi connectivity index (χ4n) is 3.55. The number of fused-ring (bicyclic) bond motifs is 2. The van der Waals surface area contributed by atoms with Gasteiger partial charge in [0.05, 0.1) is 19.2 Å². The van der Waals surface area contributed by atoms with Crippen LogP contribution in [0.25, 0.3) is 5.65 Å². The molecule has 4 rings (SSSR count). The van der Waals surface area contributed by atoms with E-state index in [4.69, 9.17) is 4.74 Å². The van der Waals surface area contributed by atoms with Crippen molar-refractivity contribution in [1.82, 2.24) is 9.38 Å². The summed E-state index contributed by atoms with van der Waals surface area (Å²) in [5.74, 6) is -0.563. The van der Waals surface area contributed by atoms with Gasteiger partial charge in [-0.05, 0) is 30.2 Å². The van der Waals surface area contributed by atoms with Crippen molar-refractivity contribution in [1.29, 1.82) is 0 Å². The highest BCUT2D eigenvalue weighted by molar-refractivity contribution is 6.03. The summed E-state index contributed by atoms with van der Waals surface area (Å²) in [4.78, 5) is 31.4. The molecule has 1 aliphatic rings. The van der Waals surface area contributed by atoms with Crippen molar-refractivity contribution in [2.45, 2.75) is 25.8 Å². The molecule has 2 aromatic heterocycles. The standard InChI is InChI=1S/C20H19N3O3/c1-13-6-5-9-22-12-15(21-19(13)22)11-18(24)23-16-8-4-3-7-14(16)10-17(23)20(25)26-2/h3-9,12,17H,10-11H2,1-2H3. The van der Waals surface area contributed by atoms with Gasteiger partial charge in [-0.3, -0.25) is 9.69 Å². The van der Waals surface area contributed by atoms with E-state index in [1.54, 1.807) is 4.90 Å². The number of benzene rings is 1. The van der Waals surface area contributed by atoms with Gasteiger partial charge in [0, 0.05) is 24.5 Å². The highest BCUT2D eigenvalue weighted by Gasteiger charge is 2.38. The molecular formula is C20H19N3O3. The number of carbonyl (C=O) groups is 2. The lowest BCUT2D eigenvalue weighted by atomic mass is 10.1. The Morgan fingerprint density at radius 3 is 2.81 bits per heavy atom. The number of aryl methyl sites for hydroxylation is 1. The largest absolute Gasteiger partial charge is 0.467 e. The Balaban J connectivity index is 1.66. The predicted octanol–water partition coefficient (Wildman–Crippen LogP) is 2.32. The third-order valence-corrected chi connectivity index (χ3v) is 4.78. The molecule has 6 heteroatoms. The van der Waals surface area contributed by atoms with Crippen LogP contribution in [0.4, 0.5) is 5.69 Å². The number of para-hydroxylation sites is 1. The summed E-state index contributed by atoms with van der Waals surface area (Å²) in [6.07, 6.45) is 4.36. The molecule has 0 bridgehead atoms. The number of ether oxygens (including phenoxy) is 1. The fraction of sp³-hybridized carbons (Fsp3) is 0.250. The lowest BCUT2D eigenvalue weighted by molar-refractivity contribution is -0.143.